The van der Waals surface area contributed by atoms with Gasteiger partial charge in [0.25, 0.3) is 5.91 Å². The smallest absolute Gasteiger partial charge is 0.297 e. The molecule has 57 heavy (non-hydrogen) atoms. The van der Waals surface area contributed by atoms with Crippen LogP contribution < -0.4 is 9.80 Å². The van der Waals surface area contributed by atoms with E-state index >= 15 is 0 Å². The number of nitriles is 4. The molecular formula is C46H42N10O. The molecule has 0 fully saturated rings. The molecule has 0 aliphatic carbocycles. The number of nitrogens with zero attached hydrogens (tertiary/aromatic N) is 10. The van der Waals surface area contributed by atoms with Crippen LogP contribution in [0.3, 0.4) is 0 Å². The molecule has 0 saturated carbocycles. The lowest BCUT2D eigenvalue weighted by molar-refractivity contribution is -0.129. The van der Waals surface area contributed by atoms with E-state index in [4.69, 9.17) is 9.98 Å². The number of amides is 1. The number of carbonyl (C=O) groups excluding carboxylic acids is 1. The summed E-state index contributed by atoms with van der Waals surface area (Å²) in [6, 6.07) is 40.3. The maximum absolute atomic E-state index is 14.7. The largest absolute Gasteiger partial charge is 0.369 e. The van der Waals surface area contributed by atoms with Gasteiger partial charge in [0.05, 0.1) is 62.2 Å². The van der Waals surface area contributed by atoms with Crippen LogP contribution in [0.4, 0.5) is 11.4 Å². The van der Waals surface area contributed by atoms with Crippen molar-refractivity contribution < 1.29 is 4.79 Å². The number of hydrazine groups is 1. The van der Waals surface area contributed by atoms with Gasteiger partial charge in [-0.2, -0.15) is 26.1 Å². The van der Waals surface area contributed by atoms with Crippen molar-refractivity contribution in [2.45, 2.75) is 39.5 Å². The first kappa shape index (κ1) is 39.2. The summed E-state index contributed by atoms with van der Waals surface area (Å²) >= 11 is 0. The van der Waals surface area contributed by atoms with Crippen molar-refractivity contribution in [2.75, 3.05) is 42.5 Å². The van der Waals surface area contributed by atoms with Crippen molar-refractivity contribution >= 4 is 41.1 Å². The van der Waals surface area contributed by atoms with E-state index in [1.807, 2.05) is 127 Å². The monoisotopic (exact) mass is 750 g/mol. The van der Waals surface area contributed by atoms with Gasteiger partial charge >= 0.3 is 0 Å². The minimum Gasteiger partial charge on any atom is -0.369 e. The average molecular weight is 751 g/mol. The minimum absolute atomic E-state index is 0.282. The van der Waals surface area contributed by atoms with Crippen LogP contribution >= 0.6 is 0 Å². The Hall–Kier alpha value is -7.47. The number of hydrogen-bond acceptors (Lipinski definition) is 10. The van der Waals surface area contributed by atoms with Crippen LogP contribution in [-0.2, 0) is 4.79 Å². The number of hydrogen-bond donors (Lipinski definition) is 0. The third-order valence-electron chi connectivity index (χ3n) is 9.78. The van der Waals surface area contributed by atoms with Crippen molar-refractivity contribution in [3.8, 4) is 24.3 Å². The van der Waals surface area contributed by atoms with Gasteiger partial charge in [0.1, 0.15) is 5.70 Å². The number of carbonyl (C=O) groups is 1. The van der Waals surface area contributed by atoms with E-state index in [1.165, 1.54) is 0 Å². The lowest BCUT2D eigenvalue weighted by Gasteiger charge is -2.31. The van der Waals surface area contributed by atoms with Crippen molar-refractivity contribution in [1.82, 2.24) is 10.0 Å². The zero-order valence-electron chi connectivity index (χ0n) is 32.1. The number of benzene rings is 4. The van der Waals surface area contributed by atoms with Gasteiger partial charge in [-0.1, -0.05) is 72.8 Å². The Bertz CT molecular complexity index is 2370. The maximum Gasteiger partial charge on any atom is 0.297 e. The lowest BCUT2D eigenvalue weighted by Crippen LogP contribution is -2.49. The molecular weight excluding hydrogens is 709 g/mol. The SMILES string of the molecule is Cc1cc(N(CCC#N)CCC#N)ccc1/C=C1/CN(N2C(=O)/C(=C\c3ccc(N(CCC#N)CCC#N)cc3C)N=C2c2ccccc2)C(c2ccccc2)=N1. The van der Waals surface area contributed by atoms with Gasteiger partial charge < -0.3 is 9.80 Å². The summed E-state index contributed by atoms with van der Waals surface area (Å²) in [4.78, 5) is 28.9. The van der Waals surface area contributed by atoms with E-state index in [9.17, 15) is 25.8 Å². The van der Waals surface area contributed by atoms with E-state index in [0.717, 1.165) is 50.5 Å². The number of rotatable bonds is 15. The Labute approximate surface area is 334 Å². The first-order valence-electron chi connectivity index (χ1n) is 18.9. The van der Waals surface area contributed by atoms with Crippen LogP contribution in [0.25, 0.3) is 12.2 Å². The summed E-state index contributed by atoms with van der Waals surface area (Å²) in [6.07, 6.45) is 5.27. The summed E-state index contributed by atoms with van der Waals surface area (Å²) in [7, 11) is 0. The Morgan fingerprint density at radius 2 is 1.07 bits per heavy atom. The quantitative estimate of drug-likeness (QED) is 0.111. The van der Waals surface area contributed by atoms with E-state index in [2.05, 4.69) is 35.2 Å². The molecule has 2 aliphatic heterocycles. The average Bonchev–Trinajstić information content (AvgIpc) is 3.79. The number of anilines is 2. The highest BCUT2D eigenvalue weighted by atomic mass is 16.2. The van der Waals surface area contributed by atoms with Gasteiger partial charge in [0, 0.05) is 48.7 Å². The molecule has 6 rings (SSSR count). The Kier molecular flexibility index (Phi) is 12.9. The van der Waals surface area contributed by atoms with E-state index < -0.39 is 0 Å². The Morgan fingerprint density at radius 3 is 1.53 bits per heavy atom. The number of amidine groups is 2. The molecule has 1 amide bonds. The molecule has 0 aromatic heterocycles. The Morgan fingerprint density at radius 1 is 0.614 bits per heavy atom. The van der Waals surface area contributed by atoms with Gasteiger partial charge in [-0.05, 0) is 72.5 Å². The van der Waals surface area contributed by atoms with Crippen LogP contribution in [0.15, 0.2) is 118 Å². The third kappa shape index (κ3) is 9.26. The number of aliphatic imine (C=N–C) groups is 2. The third-order valence-corrected chi connectivity index (χ3v) is 9.78. The molecule has 0 unspecified atom stereocenters. The van der Waals surface area contributed by atoms with Crippen LogP contribution in [0.2, 0.25) is 0 Å². The molecule has 11 nitrogen and oxygen atoms in total. The summed E-state index contributed by atoms with van der Waals surface area (Å²) in [5.41, 5.74) is 8.27. The molecule has 2 aliphatic rings. The zero-order valence-corrected chi connectivity index (χ0v) is 32.1. The van der Waals surface area contributed by atoms with Crippen molar-refractivity contribution in [3.05, 3.63) is 142 Å². The predicted molar refractivity (Wildman–Crippen MR) is 223 cm³/mol. The maximum atomic E-state index is 14.7. The fourth-order valence-corrected chi connectivity index (χ4v) is 6.85. The molecule has 0 N–H and O–H groups in total. The summed E-state index contributed by atoms with van der Waals surface area (Å²) in [6.45, 7) is 6.43. The van der Waals surface area contributed by atoms with Crippen LogP contribution in [0.5, 0.6) is 0 Å². The van der Waals surface area contributed by atoms with Crippen molar-refractivity contribution in [2.24, 2.45) is 9.98 Å². The van der Waals surface area contributed by atoms with Crippen LogP contribution in [0.1, 0.15) is 59.1 Å². The fraction of sp³-hybridized carbons (Fsp3) is 0.239. The van der Waals surface area contributed by atoms with E-state index in [-0.39, 0.29) is 11.6 Å². The summed E-state index contributed by atoms with van der Waals surface area (Å²) < 4.78 is 0. The topological polar surface area (TPSA) is 150 Å². The second kappa shape index (κ2) is 18.7. The highest BCUT2D eigenvalue weighted by molar-refractivity contribution is 6.21. The molecule has 0 atom stereocenters. The van der Waals surface area contributed by atoms with Crippen LogP contribution in [-0.4, -0.2) is 60.3 Å². The van der Waals surface area contributed by atoms with Crippen molar-refractivity contribution in [1.29, 1.82) is 21.0 Å². The molecule has 0 bridgehead atoms. The second-order valence-electron chi connectivity index (χ2n) is 13.6. The molecule has 4 aromatic rings. The molecule has 0 radical (unpaired) electrons. The summed E-state index contributed by atoms with van der Waals surface area (Å²) in [5, 5.41) is 40.3. The van der Waals surface area contributed by atoms with Crippen LogP contribution in [0, 0.1) is 59.2 Å². The highest BCUT2D eigenvalue weighted by Gasteiger charge is 2.40. The van der Waals surface area contributed by atoms with Gasteiger partial charge in [-0.3, -0.25) is 9.80 Å². The number of aryl methyl sites for hydroxylation is 2. The van der Waals surface area contributed by atoms with Crippen molar-refractivity contribution in [3.63, 3.8) is 0 Å². The molecule has 4 aromatic carbocycles. The molecule has 0 saturated heterocycles. The fourth-order valence-electron chi connectivity index (χ4n) is 6.85. The van der Waals surface area contributed by atoms with Gasteiger partial charge in [-0.25, -0.2) is 9.98 Å². The minimum atomic E-state index is -0.290. The Balaban J connectivity index is 1.36. The molecule has 282 valence electrons. The van der Waals surface area contributed by atoms with Gasteiger partial charge in [0.2, 0.25) is 0 Å². The van der Waals surface area contributed by atoms with Gasteiger partial charge in [0.15, 0.2) is 11.7 Å². The molecule has 11 heteroatoms. The summed E-state index contributed by atoms with van der Waals surface area (Å²) in [5.74, 6) is 0.812. The normalized spacial score (nSPS) is 14.8. The first-order chi connectivity index (χ1) is 27.8. The second-order valence-corrected chi connectivity index (χ2v) is 13.6. The highest BCUT2D eigenvalue weighted by Crippen LogP contribution is 2.32. The molecule has 0 spiro atoms. The van der Waals surface area contributed by atoms with Gasteiger partial charge in [-0.15, -0.1) is 0 Å². The molecule has 2 heterocycles. The first-order valence-corrected chi connectivity index (χ1v) is 18.9. The lowest BCUT2D eigenvalue weighted by atomic mass is 10.1. The van der Waals surface area contributed by atoms with E-state index in [1.54, 1.807) is 5.01 Å². The van der Waals surface area contributed by atoms with E-state index in [0.29, 0.717) is 70.1 Å². The zero-order chi connectivity index (χ0) is 40.1. The predicted octanol–water partition coefficient (Wildman–Crippen LogP) is 7.92. The standard InChI is InChI=1S/C46H42N10O/c1-34-29-41(53(25-9-21-47)26-10-22-48)19-17-38(34)31-40-33-55(44(51-40)36-13-5-3-6-14-36)56-45(37-15-7-4-8-16-37)52-43(46(56)57)32-39-18-20-42(30-35(39)2)54(27-11-23-49)28-12-24-50/h3-8,13-20,29-32H,9-12,25-28,33H2,1-2H3/b40-31-,43-32+.